The van der Waals surface area contributed by atoms with Crippen molar-refractivity contribution in [1.29, 1.82) is 0 Å². The van der Waals surface area contributed by atoms with E-state index >= 15 is 0 Å². The van der Waals surface area contributed by atoms with Crippen LogP contribution in [-0.4, -0.2) is 16.8 Å². The molecule has 1 atom stereocenters. The average Bonchev–Trinajstić information content (AvgIpc) is 3.08. The minimum Gasteiger partial charge on any atom is -0.349 e. The van der Waals surface area contributed by atoms with Gasteiger partial charge in [0.25, 0.3) is 0 Å². The van der Waals surface area contributed by atoms with Crippen LogP contribution in [0.5, 0.6) is 0 Å². The van der Waals surface area contributed by atoms with E-state index in [1.54, 1.807) is 11.3 Å². The number of nitrogens with one attached hydrogen (secondary N) is 2. The van der Waals surface area contributed by atoms with E-state index in [0.29, 0.717) is 5.69 Å². The zero-order chi connectivity index (χ0) is 19.2. The average molecular weight is 379 g/mol. The fourth-order valence-electron chi connectivity index (χ4n) is 2.83. The van der Waals surface area contributed by atoms with Gasteiger partial charge in [0.15, 0.2) is 0 Å². The largest absolute Gasteiger partial charge is 0.349 e. The number of benzene rings is 2. The molecule has 27 heavy (non-hydrogen) atoms. The Bertz CT molecular complexity index is 937. The summed E-state index contributed by atoms with van der Waals surface area (Å²) in [6.07, 6.45) is 0.156. The number of rotatable bonds is 6. The maximum Gasteiger partial charge on any atom is 0.226 e. The van der Waals surface area contributed by atoms with Crippen LogP contribution in [0.15, 0.2) is 60.0 Å². The molecule has 5 nitrogen and oxygen atoms in total. The smallest absolute Gasteiger partial charge is 0.226 e. The molecular weight excluding hydrogens is 358 g/mol. The Labute approximate surface area is 162 Å². The number of carbonyl (C=O) groups is 2. The van der Waals surface area contributed by atoms with Gasteiger partial charge in [-0.25, -0.2) is 4.98 Å². The van der Waals surface area contributed by atoms with Crippen LogP contribution in [0.25, 0.3) is 11.3 Å². The Balaban J connectivity index is 1.71. The van der Waals surface area contributed by atoms with Crippen molar-refractivity contribution >= 4 is 28.8 Å². The molecular formula is C21H21N3O2S. The minimum absolute atomic E-state index is 0.156. The zero-order valence-corrected chi connectivity index (χ0v) is 16.0. The summed E-state index contributed by atoms with van der Waals surface area (Å²) in [7, 11) is 0. The molecule has 1 aromatic heterocycles. The summed E-state index contributed by atoms with van der Waals surface area (Å²) in [4.78, 5) is 28.6. The van der Waals surface area contributed by atoms with Gasteiger partial charge in [-0.15, -0.1) is 11.3 Å². The third-order valence-electron chi connectivity index (χ3n) is 4.03. The Morgan fingerprint density at radius 1 is 1.11 bits per heavy atom. The van der Waals surface area contributed by atoms with Crippen molar-refractivity contribution in [3.63, 3.8) is 0 Å². The Morgan fingerprint density at radius 3 is 2.56 bits per heavy atom. The molecule has 0 bridgehead atoms. The van der Waals surface area contributed by atoms with Crippen LogP contribution >= 0.6 is 11.3 Å². The summed E-state index contributed by atoms with van der Waals surface area (Å²) < 4.78 is 0. The number of carbonyl (C=O) groups excluding carboxylic acids is 2. The van der Waals surface area contributed by atoms with Gasteiger partial charge < -0.3 is 10.6 Å². The topological polar surface area (TPSA) is 71.1 Å². The highest BCUT2D eigenvalue weighted by Crippen LogP contribution is 2.25. The van der Waals surface area contributed by atoms with Gasteiger partial charge in [0.2, 0.25) is 11.8 Å². The molecule has 0 saturated heterocycles. The van der Waals surface area contributed by atoms with Crippen molar-refractivity contribution in [3.8, 4) is 11.3 Å². The lowest BCUT2D eigenvalue weighted by atomic mass is 10.0. The van der Waals surface area contributed by atoms with Crippen LogP contribution in [0.3, 0.4) is 0 Å². The van der Waals surface area contributed by atoms with Crippen LogP contribution in [0.2, 0.25) is 0 Å². The van der Waals surface area contributed by atoms with E-state index in [9.17, 15) is 9.59 Å². The van der Waals surface area contributed by atoms with Crippen molar-refractivity contribution in [2.45, 2.75) is 26.3 Å². The third kappa shape index (κ3) is 5.24. The second-order valence-electron chi connectivity index (χ2n) is 6.25. The molecule has 0 aliphatic carbocycles. The summed E-state index contributed by atoms with van der Waals surface area (Å²) in [5.74, 6) is -0.332. The van der Waals surface area contributed by atoms with Gasteiger partial charge in [-0.05, 0) is 24.6 Å². The Hall–Kier alpha value is -2.99. The summed E-state index contributed by atoms with van der Waals surface area (Å²) in [6.45, 7) is 3.42. The standard InChI is InChI=1S/C21H21N3O2S/c1-14(25)22-19(16-7-4-3-5-8-16)12-21(26)24-18-10-6-9-17(11-18)20-13-27-15(2)23-20/h3-11,13,19H,12H2,1-2H3,(H,22,25)(H,24,26). The van der Waals surface area contributed by atoms with E-state index in [-0.39, 0.29) is 24.3 Å². The number of aromatic nitrogens is 1. The zero-order valence-electron chi connectivity index (χ0n) is 15.2. The summed E-state index contributed by atoms with van der Waals surface area (Å²) in [6, 6.07) is 16.7. The fraction of sp³-hybridized carbons (Fsp3) is 0.190. The van der Waals surface area contributed by atoms with E-state index in [0.717, 1.165) is 21.8 Å². The predicted octanol–water partition coefficient (Wildman–Crippen LogP) is 4.32. The molecule has 0 saturated carbocycles. The minimum atomic E-state index is -0.368. The van der Waals surface area contributed by atoms with Gasteiger partial charge in [-0.1, -0.05) is 42.5 Å². The van der Waals surface area contributed by atoms with Crippen molar-refractivity contribution in [2.24, 2.45) is 0 Å². The van der Waals surface area contributed by atoms with Gasteiger partial charge in [0.1, 0.15) is 0 Å². The van der Waals surface area contributed by atoms with Crippen LogP contribution in [0.1, 0.15) is 30.0 Å². The molecule has 0 spiro atoms. The number of aryl methyl sites for hydroxylation is 1. The predicted molar refractivity (Wildman–Crippen MR) is 109 cm³/mol. The first-order valence-electron chi connectivity index (χ1n) is 8.66. The van der Waals surface area contributed by atoms with Gasteiger partial charge in [-0.3, -0.25) is 9.59 Å². The molecule has 2 N–H and O–H groups in total. The van der Waals surface area contributed by atoms with E-state index in [1.165, 1.54) is 6.92 Å². The van der Waals surface area contributed by atoms with Crippen molar-refractivity contribution < 1.29 is 9.59 Å². The number of anilines is 1. The second-order valence-corrected chi connectivity index (χ2v) is 7.31. The van der Waals surface area contributed by atoms with Crippen LogP contribution in [0, 0.1) is 6.92 Å². The normalized spacial score (nSPS) is 11.6. The second kappa shape index (κ2) is 8.60. The number of hydrogen-bond acceptors (Lipinski definition) is 4. The highest BCUT2D eigenvalue weighted by atomic mass is 32.1. The molecule has 2 amide bonds. The van der Waals surface area contributed by atoms with E-state index in [2.05, 4.69) is 15.6 Å². The van der Waals surface area contributed by atoms with Crippen LogP contribution in [-0.2, 0) is 9.59 Å². The van der Waals surface area contributed by atoms with Crippen LogP contribution in [0.4, 0.5) is 5.69 Å². The van der Waals surface area contributed by atoms with Gasteiger partial charge in [-0.2, -0.15) is 0 Å². The van der Waals surface area contributed by atoms with Crippen molar-refractivity contribution in [3.05, 3.63) is 70.5 Å². The first kappa shape index (κ1) is 18.8. The van der Waals surface area contributed by atoms with Gasteiger partial charge in [0, 0.05) is 23.6 Å². The molecule has 1 heterocycles. The molecule has 0 aliphatic heterocycles. The first-order chi connectivity index (χ1) is 13.0. The van der Waals surface area contributed by atoms with Gasteiger partial charge >= 0.3 is 0 Å². The summed E-state index contributed by atoms with van der Waals surface area (Å²) in [5, 5.41) is 8.76. The van der Waals surface area contributed by atoms with E-state index in [4.69, 9.17) is 0 Å². The fourth-order valence-corrected chi connectivity index (χ4v) is 3.45. The van der Waals surface area contributed by atoms with E-state index < -0.39 is 0 Å². The SMILES string of the molecule is CC(=O)NC(CC(=O)Nc1cccc(-c2csc(C)n2)c1)c1ccccc1. The maximum absolute atomic E-state index is 12.6. The molecule has 138 valence electrons. The molecule has 3 rings (SSSR count). The Kier molecular flexibility index (Phi) is 5.98. The molecule has 1 unspecified atom stereocenters. The lowest BCUT2D eigenvalue weighted by Gasteiger charge is -2.18. The summed E-state index contributed by atoms with van der Waals surface area (Å²) in [5.41, 5.74) is 3.46. The monoisotopic (exact) mass is 379 g/mol. The lowest BCUT2D eigenvalue weighted by molar-refractivity contribution is -0.120. The van der Waals surface area contributed by atoms with Crippen molar-refractivity contribution in [1.82, 2.24) is 10.3 Å². The number of thiazole rings is 1. The van der Waals surface area contributed by atoms with E-state index in [1.807, 2.05) is 66.9 Å². The quantitative estimate of drug-likeness (QED) is 0.670. The molecule has 0 radical (unpaired) electrons. The number of hydrogen-bond donors (Lipinski definition) is 2. The molecule has 0 fully saturated rings. The lowest BCUT2D eigenvalue weighted by Crippen LogP contribution is -2.29. The first-order valence-corrected chi connectivity index (χ1v) is 9.53. The highest BCUT2D eigenvalue weighted by Gasteiger charge is 2.17. The third-order valence-corrected chi connectivity index (χ3v) is 4.80. The Morgan fingerprint density at radius 2 is 1.89 bits per heavy atom. The molecule has 3 aromatic rings. The van der Waals surface area contributed by atoms with Crippen molar-refractivity contribution in [2.75, 3.05) is 5.32 Å². The maximum atomic E-state index is 12.6. The highest BCUT2D eigenvalue weighted by molar-refractivity contribution is 7.09. The molecule has 2 aromatic carbocycles. The number of nitrogens with zero attached hydrogens (tertiary/aromatic N) is 1. The van der Waals surface area contributed by atoms with Crippen LogP contribution < -0.4 is 10.6 Å². The summed E-state index contributed by atoms with van der Waals surface area (Å²) >= 11 is 1.59. The molecule has 6 heteroatoms. The molecule has 0 aliphatic rings. The number of amides is 2. The van der Waals surface area contributed by atoms with Gasteiger partial charge in [0.05, 0.1) is 23.2 Å².